The highest BCUT2D eigenvalue weighted by molar-refractivity contribution is 7.89. The van der Waals surface area contributed by atoms with E-state index >= 15 is 0 Å². The van der Waals surface area contributed by atoms with E-state index in [0.29, 0.717) is 41.5 Å². The number of piperidine rings is 1. The van der Waals surface area contributed by atoms with Gasteiger partial charge in [0.05, 0.1) is 24.0 Å². The van der Waals surface area contributed by atoms with Gasteiger partial charge in [0.25, 0.3) is 5.91 Å². The van der Waals surface area contributed by atoms with Crippen LogP contribution in [0.2, 0.25) is 0 Å². The summed E-state index contributed by atoms with van der Waals surface area (Å²) < 4.78 is 29.8. The maximum atomic E-state index is 13.2. The summed E-state index contributed by atoms with van der Waals surface area (Å²) in [6, 6.07) is 17.1. The van der Waals surface area contributed by atoms with E-state index in [-0.39, 0.29) is 11.9 Å². The molecule has 1 saturated heterocycles. The summed E-state index contributed by atoms with van der Waals surface area (Å²) in [5.41, 5.74) is 3.73. The standard InChI is InChI=1S/C26H32N4O3S/c1-19(23-10-6-4-7-11-23)27-26(31)24-14-12-22(13-15-24)18-30-21(3)25(20(2)28-30)34(32,33)29-16-8-5-9-17-29/h4,6-7,10-15,19H,5,8-9,16-18H2,1-3H3,(H,27,31)/t19-/m1/s1. The van der Waals surface area contributed by atoms with Crippen LogP contribution in [0.3, 0.4) is 0 Å². The Bertz CT molecular complexity index is 1250. The number of rotatable bonds is 7. The van der Waals surface area contributed by atoms with Gasteiger partial charge in [-0.05, 0) is 56.9 Å². The summed E-state index contributed by atoms with van der Waals surface area (Å²) in [5, 5.41) is 7.55. The van der Waals surface area contributed by atoms with Crippen LogP contribution in [0.5, 0.6) is 0 Å². The molecule has 0 saturated carbocycles. The van der Waals surface area contributed by atoms with E-state index in [0.717, 1.165) is 30.4 Å². The summed E-state index contributed by atoms with van der Waals surface area (Å²) in [4.78, 5) is 13.0. The number of amides is 1. The summed E-state index contributed by atoms with van der Waals surface area (Å²) in [5.74, 6) is -0.135. The highest BCUT2D eigenvalue weighted by Gasteiger charge is 2.31. The average molecular weight is 481 g/mol. The van der Waals surface area contributed by atoms with Gasteiger partial charge in [-0.25, -0.2) is 8.42 Å². The van der Waals surface area contributed by atoms with Crippen LogP contribution in [-0.2, 0) is 16.6 Å². The average Bonchev–Trinajstić information content (AvgIpc) is 3.13. The van der Waals surface area contributed by atoms with E-state index in [1.165, 1.54) is 0 Å². The highest BCUT2D eigenvalue weighted by Crippen LogP contribution is 2.26. The number of hydrogen-bond acceptors (Lipinski definition) is 4. The maximum absolute atomic E-state index is 13.2. The molecule has 2 heterocycles. The molecule has 7 nitrogen and oxygen atoms in total. The SMILES string of the molecule is Cc1nn(Cc2ccc(C(=O)N[C@H](C)c3ccccc3)cc2)c(C)c1S(=O)(=O)N1CCCCC1. The number of nitrogens with zero attached hydrogens (tertiary/aromatic N) is 3. The van der Waals surface area contributed by atoms with Gasteiger partial charge in [0, 0.05) is 18.7 Å². The first-order valence-corrected chi connectivity index (χ1v) is 13.2. The van der Waals surface area contributed by atoms with Crippen molar-refractivity contribution in [2.45, 2.75) is 57.5 Å². The molecule has 1 atom stereocenters. The molecule has 2 aromatic carbocycles. The Morgan fingerprint density at radius 1 is 1.00 bits per heavy atom. The minimum Gasteiger partial charge on any atom is -0.346 e. The molecule has 1 aliphatic rings. The Morgan fingerprint density at radius 3 is 2.29 bits per heavy atom. The minimum atomic E-state index is -3.55. The number of sulfonamides is 1. The zero-order valence-electron chi connectivity index (χ0n) is 20.0. The number of aromatic nitrogens is 2. The molecule has 3 aromatic rings. The second-order valence-electron chi connectivity index (χ2n) is 8.93. The Labute approximate surface area is 201 Å². The molecule has 1 aromatic heterocycles. The van der Waals surface area contributed by atoms with Gasteiger partial charge < -0.3 is 5.32 Å². The van der Waals surface area contributed by atoms with Crippen molar-refractivity contribution in [1.29, 1.82) is 0 Å². The molecular formula is C26H32N4O3S. The summed E-state index contributed by atoms with van der Waals surface area (Å²) in [6.45, 7) is 7.09. The van der Waals surface area contributed by atoms with Gasteiger partial charge in [-0.1, -0.05) is 48.9 Å². The predicted molar refractivity (Wildman–Crippen MR) is 132 cm³/mol. The number of carbonyl (C=O) groups excluding carboxylic acids is 1. The van der Waals surface area contributed by atoms with E-state index in [9.17, 15) is 13.2 Å². The van der Waals surface area contributed by atoms with Gasteiger partial charge in [0.2, 0.25) is 10.0 Å². The molecule has 0 radical (unpaired) electrons. The van der Waals surface area contributed by atoms with E-state index in [1.807, 2.05) is 56.3 Å². The van der Waals surface area contributed by atoms with Gasteiger partial charge in [0.1, 0.15) is 4.90 Å². The molecule has 1 amide bonds. The van der Waals surface area contributed by atoms with E-state index in [4.69, 9.17) is 0 Å². The van der Waals surface area contributed by atoms with Crippen LogP contribution >= 0.6 is 0 Å². The van der Waals surface area contributed by atoms with Crippen LogP contribution in [0.15, 0.2) is 59.5 Å². The molecule has 0 spiro atoms. The largest absolute Gasteiger partial charge is 0.346 e. The molecule has 0 aliphatic carbocycles. The van der Waals surface area contributed by atoms with Gasteiger partial charge in [-0.15, -0.1) is 0 Å². The highest BCUT2D eigenvalue weighted by atomic mass is 32.2. The smallest absolute Gasteiger partial charge is 0.251 e. The van der Waals surface area contributed by atoms with Crippen molar-refractivity contribution in [1.82, 2.24) is 19.4 Å². The number of nitrogens with one attached hydrogen (secondary N) is 1. The molecule has 1 N–H and O–H groups in total. The van der Waals surface area contributed by atoms with E-state index in [2.05, 4.69) is 10.4 Å². The predicted octanol–water partition coefficient (Wildman–Crippen LogP) is 4.21. The van der Waals surface area contributed by atoms with Crippen LogP contribution in [0.25, 0.3) is 0 Å². The first kappa shape index (κ1) is 24.2. The van der Waals surface area contributed by atoms with Gasteiger partial charge >= 0.3 is 0 Å². The molecule has 180 valence electrons. The minimum absolute atomic E-state index is 0.0941. The lowest BCUT2D eigenvalue weighted by atomic mass is 10.1. The molecule has 1 fully saturated rings. The molecule has 1 aliphatic heterocycles. The monoisotopic (exact) mass is 480 g/mol. The van der Waals surface area contributed by atoms with E-state index in [1.54, 1.807) is 28.0 Å². The number of hydrogen-bond donors (Lipinski definition) is 1. The normalized spacial score (nSPS) is 15.7. The van der Waals surface area contributed by atoms with E-state index < -0.39 is 10.0 Å². The molecule has 0 unspecified atom stereocenters. The van der Waals surface area contributed by atoms with Crippen molar-refractivity contribution >= 4 is 15.9 Å². The molecular weight excluding hydrogens is 448 g/mol. The Balaban J connectivity index is 1.46. The topological polar surface area (TPSA) is 84.3 Å². The van der Waals surface area contributed by atoms with Crippen LogP contribution in [0, 0.1) is 13.8 Å². The fourth-order valence-corrected chi connectivity index (χ4v) is 6.37. The zero-order valence-corrected chi connectivity index (χ0v) is 20.8. The van der Waals surface area contributed by atoms with Crippen LogP contribution in [0.4, 0.5) is 0 Å². The Morgan fingerprint density at radius 2 is 1.65 bits per heavy atom. The lowest BCUT2D eigenvalue weighted by Crippen LogP contribution is -2.36. The van der Waals surface area contributed by atoms with Gasteiger partial charge in [-0.2, -0.15) is 9.40 Å². The third-order valence-electron chi connectivity index (χ3n) is 6.42. The van der Waals surface area contributed by atoms with Crippen molar-refractivity contribution in [3.63, 3.8) is 0 Å². The summed E-state index contributed by atoms with van der Waals surface area (Å²) in [7, 11) is -3.55. The van der Waals surface area contributed by atoms with Crippen molar-refractivity contribution < 1.29 is 13.2 Å². The number of carbonyl (C=O) groups is 1. The molecule has 34 heavy (non-hydrogen) atoms. The van der Waals surface area contributed by atoms with Gasteiger partial charge in [-0.3, -0.25) is 9.48 Å². The van der Waals surface area contributed by atoms with Crippen LogP contribution in [-0.4, -0.2) is 41.5 Å². The van der Waals surface area contributed by atoms with Crippen molar-refractivity contribution in [3.05, 3.63) is 82.7 Å². The molecule has 4 rings (SSSR count). The third kappa shape index (κ3) is 5.08. The lowest BCUT2D eigenvalue weighted by Gasteiger charge is -2.26. The molecule has 0 bridgehead atoms. The summed E-state index contributed by atoms with van der Waals surface area (Å²) in [6.07, 6.45) is 2.87. The first-order chi connectivity index (χ1) is 16.3. The Hall–Kier alpha value is -2.97. The quantitative estimate of drug-likeness (QED) is 0.549. The van der Waals surface area contributed by atoms with Crippen LogP contribution in [0.1, 0.15) is 65.1 Å². The van der Waals surface area contributed by atoms with Gasteiger partial charge in [0.15, 0.2) is 0 Å². The number of benzene rings is 2. The zero-order chi connectivity index (χ0) is 24.3. The maximum Gasteiger partial charge on any atom is 0.251 e. The number of aryl methyl sites for hydroxylation is 1. The molecule has 8 heteroatoms. The first-order valence-electron chi connectivity index (χ1n) is 11.8. The van der Waals surface area contributed by atoms with Crippen molar-refractivity contribution in [2.24, 2.45) is 0 Å². The fourth-order valence-electron chi connectivity index (χ4n) is 4.48. The lowest BCUT2D eigenvalue weighted by molar-refractivity contribution is 0.0940. The van der Waals surface area contributed by atoms with Crippen molar-refractivity contribution in [2.75, 3.05) is 13.1 Å². The fraction of sp³-hybridized carbons (Fsp3) is 0.385. The second kappa shape index (κ2) is 10.1. The Kier molecular flexibility index (Phi) is 7.19. The third-order valence-corrected chi connectivity index (χ3v) is 8.58. The van der Waals surface area contributed by atoms with Crippen LogP contribution < -0.4 is 5.32 Å². The summed E-state index contributed by atoms with van der Waals surface area (Å²) >= 11 is 0. The second-order valence-corrected chi connectivity index (χ2v) is 10.8. The van der Waals surface area contributed by atoms with Crippen molar-refractivity contribution in [3.8, 4) is 0 Å².